The van der Waals surface area contributed by atoms with Crippen LogP contribution in [0, 0.1) is 13.8 Å². The smallest absolute Gasteiger partial charge is 0.265 e. The number of hydrogen-bond donors (Lipinski definition) is 2. The maximum Gasteiger partial charge on any atom is 0.265 e. The van der Waals surface area contributed by atoms with Crippen molar-refractivity contribution in [2.45, 2.75) is 13.8 Å². The van der Waals surface area contributed by atoms with E-state index < -0.39 is 0 Å². The summed E-state index contributed by atoms with van der Waals surface area (Å²) in [5.74, 6) is -0.119. The fourth-order valence-electron chi connectivity index (χ4n) is 2.22. The summed E-state index contributed by atoms with van der Waals surface area (Å²) in [4.78, 5) is 13.1. The predicted octanol–water partition coefficient (Wildman–Crippen LogP) is 4.35. The lowest BCUT2D eigenvalue weighted by molar-refractivity contribution is 0.103. The van der Waals surface area contributed by atoms with Gasteiger partial charge in [0.2, 0.25) is 0 Å². The molecular formula is C17H16N2OS. The highest BCUT2D eigenvalue weighted by Gasteiger charge is 2.12. The summed E-state index contributed by atoms with van der Waals surface area (Å²) in [5, 5.41) is 3.99. The molecule has 4 heteroatoms. The quantitative estimate of drug-likeness (QED) is 0.691. The molecule has 0 aliphatic heterocycles. The van der Waals surface area contributed by atoms with Crippen molar-refractivity contribution in [2.75, 3.05) is 11.1 Å². The fourth-order valence-corrected chi connectivity index (χ4v) is 3.18. The van der Waals surface area contributed by atoms with E-state index in [1.165, 1.54) is 11.3 Å². The van der Waals surface area contributed by atoms with E-state index in [0.29, 0.717) is 16.3 Å². The molecule has 1 aromatic heterocycles. The van der Waals surface area contributed by atoms with Crippen LogP contribution in [0.1, 0.15) is 20.8 Å². The molecule has 0 aliphatic rings. The van der Waals surface area contributed by atoms with E-state index in [1.807, 2.05) is 56.3 Å². The van der Waals surface area contributed by atoms with Gasteiger partial charge in [0.05, 0.1) is 16.3 Å². The first-order valence-corrected chi connectivity index (χ1v) is 7.53. The van der Waals surface area contributed by atoms with Crippen molar-refractivity contribution in [1.29, 1.82) is 0 Å². The molecule has 0 fully saturated rings. The molecule has 3 rings (SSSR count). The molecule has 0 unspecified atom stereocenters. The molecule has 106 valence electrons. The second kappa shape index (κ2) is 5.22. The van der Waals surface area contributed by atoms with Crippen LogP contribution >= 0.6 is 11.3 Å². The normalized spacial score (nSPS) is 10.8. The summed E-state index contributed by atoms with van der Waals surface area (Å²) in [6.07, 6.45) is 0. The Morgan fingerprint density at radius 2 is 1.81 bits per heavy atom. The summed E-state index contributed by atoms with van der Waals surface area (Å²) in [6.45, 7) is 4.01. The topological polar surface area (TPSA) is 55.1 Å². The molecule has 2 aromatic carbocycles. The number of fused-ring (bicyclic) bond motifs is 1. The molecule has 0 spiro atoms. The van der Waals surface area contributed by atoms with Crippen molar-refractivity contribution >= 4 is 38.7 Å². The van der Waals surface area contributed by atoms with E-state index in [4.69, 9.17) is 5.73 Å². The van der Waals surface area contributed by atoms with Crippen molar-refractivity contribution in [3.05, 3.63) is 58.5 Å². The van der Waals surface area contributed by atoms with Crippen LogP contribution in [-0.4, -0.2) is 5.91 Å². The Labute approximate surface area is 127 Å². The monoisotopic (exact) mass is 296 g/mol. The number of anilines is 2. The average Bonchev–Trinajstić information content (AvgIpc) is 2.88. The summed E-state index contributed by atoms with van der Waals surface area (Å²) < 4.78 is 1.11. The van der Waals surface area contributed by atoms with Crippen LogP contribution in [0.3, 0.4) is 0 Å². The lowest BCUT2D eigenvalue weighted by Gasteiger charge is -2.10. The molecule has 0 atom stereocenters. The Morgan fingerprint density at radius 3 is 2.57 bits per heavy atom. The first-order chi connectivity index (χ1) is 10.0. The van der Waals surface area contributed by atoms with Gasteiger partial charge in [-0.2, -0.15) is 0 Å². The lowest BCUT2D eigenvalue weighted by Crippen LogP contribution is -2.12. The molecule has 3 N–H and O–H groups in total. The average molecular weight is 296 g/mol. The van der Waals surface area contributed by atoms with Crippen LogP contribution < -0.4 is 11.1 Å². The number of nitrogens with two attached hydrogens (primary N) is 1. The number of carbonyl (C=O) groups excluding carboxylic acids is 1. The first-order valence-electron chi connectivity index (χ1n) is 6.71. The largest absolute Gasteiger partial charge is 0.397 e. The SMILES string of the molecule is Cc1cc(N)c(NC(=O)c2cc3ccccc3s2)cc1C. The van der Waals surface area contributed by atoms with Gasteiger partial charge in [-0.25, -0.2) is 0 Å². The highest BCUT2D eigenvalue weighted by atomic mass is 32.1. The van der Waals surface area contributed by atoms with E-state index in [-0.39, 0.29) is 5.91 Å². The van der Waals surface area contributed by atoms with Crippen LogP contribution in [0.15, 0.2) is 42.5 Å². The van der Waals surface area contributed by atoms with Gasteiger partial charge in [-0.1, -0.05) is 18.2 Å². The molecule has 21 heavy (non-hydrogen) atoms. The minimum absolute atomic E-state index is 0.119. The minimum atomic E-state index is -0.119. The third kappa shape index (κ3) is 2.62. The standard InChI is InChI=1S/C17H16N2OS/c1-10-7-13(18)14(8-11(10)2)19-17(20)16-9-12-5-3-4-6-15(12)21-16/h3-9H,18H2,1-2H3,(H,19,20). The number of amides is 1. The van der Waals surface area contributed by atoms with Gasteiger partial charge in [0.25, 0.3) is 5.91 Å². The van der Waals surface area contributed by atoms with E-state index in [9.17, 15) is 4.79 Å². The zero-order chi connectivity index (χ0) is 15.0. The number of aryl methyl sites for hydroxylation is 2. The summed E-state index contributed by atoms with van der Waals surface area (Å²) in [7, 11) is 0. The summed E-state index contributed by atoms with van der Waals surface area (Å²) in [6, 6.07) is 13.7. The Hall–Kier alpha value is -2.33. The van der Waals surface area contributed by atoms with Crippen molar-refractivity contribution in [1.82, 2.24) is 0 Å². The van der Waals surface area contributed by atoms with Gasteiger partial charge >= 0.3 is 0 Å². The molecule has 0 saturated heterocycles. The minimum Gasteiger partial charge on any atom is -0.397 e. The molecular weight excluding hydrogens is 280 g/mol. The Balaban J connectivity index is 1.91. The van der Waals surface area contributed by atoms with Crippen LogP contribution in [0.25, 0.3) is 10.1 Å². The van der Waals surface area contributed by atoms with Crippen LogP contribution in [0.4, 0.5) is 11.4 Å². The third-order valence-electron chi connectivity index (χ3n) is 3.56. The molecule has 0 radical (unpaired) electrons. The molecule has 0 bridgehead atoms. The Kier molecular flexibility index (Phi) is 3.39. The first kappa shape index (κ1) is 13.6. The number of hydrogen-bond acceptors (Lipinski definition) is 3. The van der Waals surface area contributed by atoms with E-state index >= 15 is 0 Å². The van der Waals surface area contributed by atoms with E-state index in [2.05, 4.69) is 5.32 Å². The maximum atomic E-state index is 12.4. The van der Waals surface area contributed by atoms with Gasteiger partial charge in [-0.05, 0) is 54.6 Å². The number of thiophene rings is 1. The second-order valence-electron chi connectivity index (χ2n) is 5.13. The molecule has 1 amide bonds. The van der Waals surface area contributed by atoms with Crippen LogP contribution in [-0.2, 0) is 0 Å². The molecule has 1 heterocycles. The van der Waals surface area contributed by atoms with Crippen molar-refractivity contribution < 1.29 is 4.79 Å². The van der Waals surface area contributed by atoms with E-state index in [0.717, 1.165) is 21.2 Å². The van der Waals surface area contributed by atoms with Crippen LogP contribution in [0.2, 0.25) is 0 Å². The van der Waals surface area contributed by atoms with Crippen LogP contribution in [0.5, 0.6) is 0 Å². The lowest BCUT2D eigenvalue weighted by atomic mass is 10.1. The van der Waals surface area contributed by atoms with Gasteiger partial charge in [-0.15, -0.1) is 11.3 Å². The molecule has 3 aromatic rings. The Morgan fingerprint density at radius 1 is 1.10 bits per heavy atom. The zero-order valence-corrected chi connectivity index (χ0v) is 12.8. The van der Waals surface area contributed by atoms with Crippen molar-refractivity contribution in [2.24, 2.45) is 0 Å². The molecule has 0 saturated carbocycles. The van der Waals surface area contributed by atoms with Gasteiger partial charge in [0.15, 0.2) is 0 Å². The summed E-state index contributed by atoms with van der Waals surface area (Å²) in [5.41, 5.74) is 9.46. The number of benzene rings is 2. The van der Waals surface area contributed by atoms with Gasteiger partial charge in [0, 0.05) is 4.70 Å². The highest BCUT2D eigenvalue weighted by molar-refractivity contribution is 7.20. The third-order valence-corrected chi connectivity index (χ3v) is 4.68. The molecule has 0 aliphatic carbocycles. The maximum absolute atomic E-state index is 12.4. The fraction of sp³-hybridized carbons (Fsp3) is 0.118. The second-order valence-corrected chi connectivity index (χ2v) is 6.21. The number of nitrogen functional groups attached to an aromatic ring is 1. The van der Waals surface area contributed by atoms with Crippen molar-refractivity contribution in [3.63, 3.8) is 0 Å². The summed E-state index contributed by atoms with van der Waals surface area (Å²) >= 11 is 1.48. The number of nitrogens with one attached hydrogen (secondary N) is 1. The highest BCUT2D eigenvalue weighted by Crippen LogP contribution is 2.28. The van der Waals surface area contributed by atoms with Gasteiger partial charge < -0.3 is 11.1 Å². The van der Waals surface area contributed by atoms with E-state index in [1.54, 1.807) is 0 Å². The zero-order valence-electron chi connectivity index (χ0n) is 11.9. The Bertz CT molecular complexity index is 803. The number of carbonyl (C=O) groups is 1. The number of rotatable bonds is 2. The predicted molar refractivity (Wildman–Crippen MR) is 90.1 cm³/mol. The van der Waals surface area contributed by atoms with Gasteiger partial charge in [0.1, 0.15) is 0 Å². The molecule has 3 nitrogen and oxygen atoms in total. The van der Waals surface area contributed by atoms with Crippen molar-refractivity contribution in [3.8, 4) is 0 Å². The van der Waals surface area contributed by atoms with Gasteiger partial charge in [-0.3, -0.25) is 4.79 Å².